The van der Waals surface area contributed by atoms with Crippen LogP contribution in [0, 0.1) is 0 Å². The SMILES string of the molecule is CCNCCO[SiH](N(CC)CC)N(CC)CC. The zero-order valence-electron chi connectivity index (χ0n) is 12.3. The first-order chi connectivity index (χ1) is 8.24. The number of rotatable bonds is 11. The molecule has 0 unspecified atom stereocenters. The van der Waals surface area contributed by atoms with Gasteiger partial charge in [0.1, 0.15) is 0 Å². The second-order valence-electron chi connectivity index (χ2n) is 3.99. The molecule has 0 aromatic heterocycles. The summed E-state index contributed by atoms with van der Waals surface area (Å²) in [5.74, 6) is 0. The standard InChI is InChI=1S/C12H31N3OSi/c1-6-13-11-12-16-17(14(7-2)8-3)15(9-4)10-5/h13,17H,6-12H2,1-5H3. The van der Waals surface area contributed by atoms with Crippen LogP contribution in [0.4, 0.5) is 0 Å². The van der Waals surface area contributed by atoms with E-state index in [4.69, 9.17) is 4.43 Å². The van der Waals surface area contributed by atoms with Crippen molar-refractivity contribution in [1.82, 2.24) is 14.4 Å². The molecule has 104 valence electrons. The summed E-state index contributed by atoms with van der Waals surface area (Å²) >= 11 is 0. The average molecular weight is 261 g/mol. The molecular weight excluding hydrogens is 230 g/mol. The van der Waals surface area contributed by atoms with Crippen LogP contribution in [0.2, 0.25) is 0 Å². The van der Waals surface area contributed by atoms with Gasteiger partial charge in [0.25, 0.3) is 0 Å². The van der Waals surface area contributed by atoms with Crippen LogP contribution >= 0.6 is 0 Å². The van der Waals surface area contributed by atoms with Crippen molar-refractivity contribution in [1.29, 1.82) is 0 Å². The Balaban J connectivity index is 4.27. The maximum absolute atomic E-state index is 6.16. The summed E-state index contributed by atoms with van der Waals surface area (Å²) in [6.07, 6.45) is 0. The van der Waals surface area contributed by atoms with Crippen molar-refractivity contribution in [3.63, 3.8) is 0 Å². The minimum atomic E-state index is -1.38. The lowest BCUT2D eigenvalue weighted by atomic mass is 10.6. The average Bonchev–Trinajstić information content (AvgIpc) is 2.36. The highest BCUT2D eigenvalue weighted by molar-refractivity contribution is 6.45. The van der Waals surface area contributed by atoms with Crippen molar-refractivity contribution in [3.05, 3.63) is 0 Å². The predicted octanol–water partition coefficient (Wildman–Crippen LogP) is 1.01. The van der Waals surface area contributed by atoms with Crippen molar-refractivity contribution in [2.24, 2.45) is 0 Å². The lowest BCUT2D eigenvalue weighted by Crippen LogP contribution is -2.55. The first-order valence-electron chi connectivity index (χ1n) is 7.05. The van der Waals surface area contributed by atoms with Crippen LogP contribution in [0.1, 0.15) is 34.6 Å². The largest absolute Gasteiger partial charge is 0.392 e. The summed E-state index contributed by atoms with van der Waals surface area (Å²) in [5, 5.41) is 3.31. The summed E-state index contributed by atoms with van der Waals surface area (Å²) < 4.78 is 11.2. The number of hydrogen-bond donors (Lipinski definition) is 1. The number of nitrogens with zero attached hydrogens (tertiary/aromatic N) is 2. The van der Waals surface area contributed by atoms with Crippen molar-refractivity contribution < 1.29 is 4.43 Å². The monoisotopic (exact) mass is 261 g/mol. The molecule has 5 heteroatoms. The second kappa shape index (κ2) is 11.2. The van der Waals surface area contributed by atoms with Crippen LogP contribution in [-0.2, 0) is 4.43 Å². The fraction of sp³-hybridized carbons (Fsp3) is 1.00. The highest BCUT2D eigenvalue weighted by Crippen LogP contribution is 2.03. The van der Waals surface area contributed by atoms with Gasteiger partial charge in [0.2, 0.25) is 0 Å². The second-order valence-corrected chi connectivity index (χ2v) is 6.44. The van der Waals surface area contributed by atoms with Crippen LogP contribution in [0.15, 0.2) is 0 Å². The smallest absolute Gasteiger partial charge is 0.340 e. The zero-order chi connectivity index (χ0) is 13.1. The third-order valence-corrected chi connectivity index (χ3v) is 6.29. The predicted molar refractivity (Wildman–Crippen MR) is 77.5 cm³/mol. The van der Waals surface area contributed by atoms with E-state index in [1.807, 2.05) is 0 Å². The molecule has 4 nitrogen and oxygen atoms in total. The summed E-state index contributed by atoms with van der Waals surface area (Å²) in [4.78, 5) is 0. The van der Waals surface area contributed by atoms with Crippen molar-refractivity contribution in [3.8, 4) is 0 Å². The molecule has 0 saturated heterocycles. The van der Waals surface area contributed by atoms with Gasteiger partial charge in [-0.2, -0.15) is 0 Å². The minimum Gasteiger partial charge on any atom is -0.392 e. The maximum Gasteiger partial charge on any atom is 0.340 e. The minimum absolute atomic E-state index is 0.831. The fourth-order valence-electron chi connectivity index (χ4n) is 1.93. The molecule has 0 rings (SSSR count). The van der Waals surface area contributed by atoms with E-state index in [0.717, 1.165) is 45.9 Å². The van der Waals surface area contributed by atoms with E-state index in [0.29, 0.717) is 0 Å². The van der Waals surface area contributed by atoms with Gasteiger partial charge in [0, 0.05) is 13.2 Å². The highest BCUT2D eigenvalue weighted by Gasteiger charge is 2.25. The molecule has 1 N–H and O–H groups in total. The van der Waals surface area contributed by atoms with Gasteiger partial charge < -0.3 is 9.74 Å². The number of hydrogen-bond acceptors (Lipinski definition) is 4. The van der Waals surface area contributed by atoms with E-state index in [-0.39, 0.29) is 0 Å². The van der Waals surface area contributed by atoms with Crippen LogP contribution in [0.5, 0.6) is 0 Å². The van der Waals surface area contributed by atoms with Gasteiger partial charge in [-0.25, -0.2) is 0 Å². The van der Waals surface area contributed by atoms with Gasteiger partial charge in [0.05, 0.1) is 0 Å². The van der Waals surface area contributed by atoms with E-state index in [1.54, 1.807) is 0 Å². The van der Waals surface area contributed by atoms with E-state index >= 15 is 0 Å². The Bertz CT molecular complexity index is 152. The van der Waals surface area contributed by atoms with Gasteiger partial charge in [-0.3, -0.25) is 9.13 Å². The summed E-state index contributed by atoms with van der Waals surface area (Å²) in [5.41, 5.74) is 0. The quantitative estimate of drug-likeness (QED) is 0.444. The third-order valence-electron chi connectivity index (χ3n) is 3.05. The maximum atomic E-state index is 6.16. The van der Waals surface area contributed by atoms with Crippen molar-refractivity contribution in [2.45, 2.75) is 34.6 Å². The normalized spacial score (nSPS) is 12.0. The molecular formula is C12H31N3OSi. The van der Waals surface area contributed by atoms with E-state index < -0.39 is 9.36 Å². The Morgan fingerprint density at radius 2 is 1.35 bits per heavy atom. The molecule has 0 atom stereocenters. The number of likely N-dealkylation sites (N-methyl/N-ethyl adjacent to an activating group) is 1. The Hall–Kier alpha value is 0.0569. The van der Waals surface area contributed by atoms with Gasteiger partial charge in [0.15, 0.2) is 0 Å². The molecule has 0 saturated carbocycles. The molecule has 0 radical (unpaired) electrons. The van der Waals surface area contributed by atoms with Gasteiger partial charge in [-0.1, -0.05) is 34.6 Å². The molecule has 0 fully saturated rings. The molecule has 17 heavy (non-hydrogen) atoms. The molecule has 0 aliphatic rings. The topological polar surface area (TPSA) is 27.7 Å². The Kier molecular flexibility index (Phi) is 11.2. The van der Waals surface area contributed by atoms with Crippen LogP contribution in [0.25, 0.3) is 0 Å². The van der Waals surface area contributed by atoms with E-state index in [1.165, 1.54) is 0 Å². The molecule has 0 bridgehead atoms. The lowest BCUT2D eigenvalue weighted by molar-refractivity contribution is 0.208. The fourth-order valence-corrected chi connectivity index (χ4v) is 4.39. The van der Waals surface area contributed by atoms with Crippen molar-refractivity contribution >= 4 is 9.36 Å². The number of nitrogens with one attached hydrogen (secondary N) is 1. The molecule has 0 aliphatic carbocycles. The molecule has 0 spiro atoms. The molecule has 0 aromatic carbocycles. The first-order valence-corrected chi connectivity index (χ1v) is 8.55. The Morgan fingerprint density at radius 1 is 0.882 bits per heavy atom. The molecule has 0 aliphatic heterocycles. The Morgan fingerprint density at radius 3 is 1.71 bits per heavy atom. The molecule has 0 heterocycles. The van der Waals surface area contributed by atoms with E-state index in [9.17, 15) is 0 Å². The summed E-state index contributed by atoms with van der Waals surface area (Å²) in [6.45, 7) is 18.2. The summed E-state index contributed by atoms with van der Waals surface area (Å²) in [7, 11) is -1.38. The van der Waals surface area contributed by atoms with Gasteiger partial charge in [-0.15, -0.1) is 0 Å². The lowest BCUT2D eigenvalue weighted by Gasteiger charge is -2.35. The molecule has 0 aromatic rings. The van der Waals surface area contributed by atoms with Gasteiger partial charge >= 0.3 is 9.36 Å². The first kappa shape index (κ1) is 17.1. The van der Waals surface area contributed by atoms with Crippen molar-refractivity contribution in [2.75, 3.05) is 45.9 Å². The van der Waals surface area contributed by atoms with E-state index in [2.05, 4.69) is 49.1 Å². The third kappa shape index (κ3) is 6.52. The summed E-state index contributed by atoms with van der Waals surface area (Å²) in [6, 6.07) is 0. The van der Waals surface area contributed by atoms with Crippen LogP contribution in [-0.4, -0.2) is 64.4 Å². The Labute approximate surface area is 109 Å². The molecule has 0 amide bonds. The van der Waals surface area contributed by atoms with Gasteiger partial charge in [-0.05, 0) is 32.7 Å². The van der Waals surface area contributed by atoms with Crippen LogP contribution < -0.4 is 5.32 Å². The van der Waals surface area contributed by atoms with Crippen LogP contribution in [0.3, 0.4) is 0 Å². The zero-order valence-corrected chi connectivity index (χ0v) is 13.5. The highest BCUT2D eigenvalue weighted by atomic mass is 28.3.